The number of hydrogen-bond acceptors (Lipinski definition) is 15. The summed E-state index contributed by atoms with van der Waals surface area (Å²) in [6.07, 6.45) is 0. The monoisotopic (exact) mass is 876 g/mol. The van der Waals surface area contributed by atoms with E-state index in [4.69, 9.17) is 8.37 Å². The molecular weight excluding hydrogens is 857 g/mol. The van der Waals surface area contributed by atoms with Gasteiger partial charge in [0, 0.05) is 16.2 Å². The number of rotatable bonds is 10. The van der Waals surface area contributed by atoms with Crippen molar-refractivity contribution < 1.29 is 82.2 Å². The van der Waals surface area contributed by atoms with Gasteiger partial charge in [0.05, 0.1) is 9.79 Å². The van der Waals surface area contributed by atoms with Crippen molar-refractivity contribution in [1.29, 1.82) is 0 Å². The topological polar surface area (TPSA) is 324 Å². The molecule has 0 spiro atoms. The van der Waals surface area contributed by atoms with Crippen molar-refractivity contribution in [3.8, 4) is 17.2 Å². The van der Waals surface area contributed by atoms with Crippen LogP contribution in [-0.4, -0.2) is 73.8 Å². The molecule has 0 amide bonds. The minimum absolute atomic E-state index is 0.125. The zero-order chi connectivity index (χ0) is 40.7. The van der Waals surface area contributed by atoms with Crippen molar-refractivity contribution in [1.82, 2.24) is 0 Å². The zero-order valence-corrected chi connectivity index (χ0v) is 31.5. The third-order valence-corrected chi connectivity index (χ3v) is 13.7. The summed E-state index contributed by atoms with van der Waals surface area (Å²) in [6, 6.07) is 12.6. The number of benzene rings is 6. The van der Waals surface area contributed by atoms with Gasteiger partial charge in [0.15, 0.2) is 0 Å². The Morgan fingerprint density at radius 1 is 0.364 bits per heavy atom. The van der Waals surface area contributed by atoms with Crippen LogP contribution in [0.2, 0.25) is 0 Å². The summed E-state index contributed by atoms with van der Waals surface area (Å²) in [7, 11) is -30.6. The van der Waals surface area contributed by atoms with Crippen LogP contribution < -0.4 is 8.37 Å². The van der Waals surface area contributed by atoms with Gasteiger partial charge in [0.25, 0.3) is 40.5 Å². The van der Waals surface area contributed by atoms with E-state index in [1.165, 1.54) is 0 Å². The molecule has 0 radical (unpaired) electrons. The van der Waals surface area contributed by atoms with Crippen LogP contribution in [0, 0.1) is 0 Å². The summed E-state index contributed by atoms with van der Waals surface area (Å²) in [6.45, 7) is 0. The van der Waals surface area contributed by atoms with Crippen LogP contribution in [0.3, 0.4) is 0 Å². The molecule has 0 aliphatic rings. The molecule has 0 aliphatic carbocycles. The second kappa shape index (κ2) is 13.1. The third kappa shape index (κ3) is 8.06. The Morgan fingerprint density at radius 2 is 0.727 bits per heavy atom. The van der Waals surface area contributed by atoms with Crippen LogP contribution in [0.1, 0.15) is 0 Å². The van der Waals surface area contributed by atoms with Gasteiger partial charge in [0.1, 0.15) is 36.8 Å². The average Bonchev–Trinajstić information content (AvgIpc) is 3.04. The van der Waals surface area contributed by atoms with E-state index in [1.54, 1.807) is 0 Å². The molecule has 0 saturated carbocycles. The Morgan fingerprint density at radius 3 is 1.15 bits per heavy atom. The number of hydrogen-bond donors (Lipinski definition) is 5. The fourth-order valence-electron chi connectivity index (χ4n) is 5.36. The van der Waals surface area contributed by atoms with Crippen LogP contribution in [0.25, 0.3) is 32.3 Å². The van der Waals surface area contributed by atoms with Gasteiger partial charge in [-0.2, -0.15) is 50.5 Å². The van der Waals surface area contributed by atoms with E-state index in [0.29, 0.717) is 18.2 Å². The maximum atomic E-state index is 13.8. The standard InChI is InChI=1S/C30H20O19S6/c31-19-4-1-16-9-24(54(44,45)48-20-5-2-17-7-22(50(32,33)34)13-28(26(17)11-20)52(38,39)40)15-30(25(16)10-19)55(46,47)49-21-6-3-18-8-23(51(35,36)37)14-29(27(18)12-21)53(41,42)43/h1-15,31H,(H,32,33,34)(H,35,36,37)(H,38,39,40)(H,41,42,43). The maximum absolute atomic E-state index is 13.8. The first-order chi connectivity index (χ1) is 25.1. The highest BCUT2D eigenvalue weighted by atomic mass is 32.2. The molecule has 0 atom stereocenters. The van der Waals surface area contributed by atoms with E-state index in [-0.39, 0.29) is 21.5 Å². The van der Waals surface area contributed by atoms with E-state index < -0.39 is 118 Å². The summed E-state index contributed by atoms with van der Waals surface area (Å²) in [5.41, 5.74) is 0. The van der Waals surface area contributed by atoms with Crippen molar-refractivity contribution in [2.45, 2.75) is 29.4 Å². The smallest absolute Gasteiger partial charge is 0.339 e. The summed E-state index contributed by atoms with van der Waals surface area (Å²) in [4.78, 5) is -5.69. The van der Waals surface area contributed by atoms with Crippen molar-refractivity contribution in [3.63, 3.8) is 0 Å². The Hall–Kier alpha value is -4.96. The summed E-state index contributed by atoms with van der Waals surface area (Å²) >= 11 is 0. The molecule has 0 saturated heterocycles. The van der Waals surface area contributed by atoms with E-state index in [1.807, 2.05) is 0 Å². The number of phenols is 1. The molecule has 0 unspecified atom stereocenters. The van der Waals surface area contributed by atoms with Crippen LogP contribution in [0.5, 0.6) is 17.2 Å². The van der Waals surface area contributed by atoms with Gasteiger partial charge < -0.3 is 13.5 Å². The molecule has 0 aliphatic heterocycles. The zero-order valence-electron chi connectivity index (χ0n) is 26.6. The van der Waals surface area contributed by atoms with Gasteiger partial charge in [-0.3, -0.25) is 18.2 Å². The van der Waals surface area contributed by atoms with Crippen LogP contribution in [0.15, 0.2) is 120 Å². The molecule has 0 fully saturated rings. The Labute approximate surface area is 311 Å². The first-order valence-electron chi connectivity index (χ1n) is 14.3. The summed E-state index contributed by atoms with van der Waals surface area (Å²) < 4.78 is 199. The molecule has 6 rings (SSSR count). The van der Waals surface area contributed by atoms with Crippen molar-refractivity contribution in [2.24, 2.45) is 0 Å². The van der Waals surface area contributed by atoms with Crippen LogP contribution in [0.4, 0.5) is 0 Å². The van der Waals surface area contributed by atoms with Crippen molar-refractivity contribution >= 4 is 93.0 Å². The molecule has 0 aromatic heterocycles. The van der Waals surface area contributed by atoms with Crippen LogP contribution >= 0.6 is 0 Å². The molecule has 5 N–H and O–H groups in total. The molecule has 290 valence electrons. The lowest BCUT2D eigenvalue weighted by Crippen LogP contribution is -2.14. The van der Waals surface area contributed by atoms with Gasteiger partial charge in [-0.25, -0.2) is 0 Å². The molecule has 6 aromatic rings. The molecule has 0 bridgehead atoms. The second-order valence-corrected chi connectivity index (χ2v) is 20.1. The molecule has 25 heteroatoms. The normalized spacial score (nSPS) is 13.3. The highest BCUT2D eigenvalue weighted by Crippen LogP contribution is 2.36. The van der Waals surface area contributed by atoms with E-state index in [9.17, 15) is 73.8 Å². The summed E-state index contributed by atoms with van der Waals surface area (Å²) in [5, 5.41) is 8.38. The largest absolute Gasteiger partial charge is 0.508 e. The first-order valence-corrected chi connectivity index (χ1v) is 22.9. The van der Waals surface area contributed by atoms with E-state index in [0.717, 1.165) is 72.8 Å². The lowest BCUT2D eigenvalue weighted by atomic mass is 10.1. The minimum atomic E-state index is -5.20. The number of fused-ring (bicyclic) bond motifs is 3. The molecule has 6 aromatic carbocycles. The van der Waals surface area contributed by atoms with E-state index >= 15 is 0 Å². The van der Waals surface area contributed by atoms with E-state index in [2.05, 4.69) is 0 Å². The number of phenolic OH excluding ortho intramolecular Hbond substituents is 1. The van der Waals surface area contributed by atoms with Crippen molar-refractivity contribution in [2.75, 3.05) is 0 Å². The van der Waals surface area contributed by atoms with Crippen molar-refractivity contribution in [3.05, 3.63) is 91.0 Å². The molecule has 55 heavy (non-hydrogen) atoms. The Kier molecular flexibility index (Phi) is 9.44. The van der Waals surface area contributed by atoms with Gasteiger partial charge in [-0.05, 0) is 89.0 Å². The van der Waals surface area contributed by atoms with Gasteiger partial charge in [-0.1, -0.05) is 18.2 Å². The SMILES string of the molecule is O=S(=O)(O)c1cc(S(=O)(=O)O)c2cc(OS(=O)(=O)c3cc(S(=O)(=O)Oc4ccc5cc(S(=O)(=O)O)cc(S(=O)(=O)O)c5c4)c4cc(O)ccc4c3)ccc2c1. The average molecular weight is 877 g/mol. The molecule has 19 nitrogen and oxygen atoms in total. The quantitative estimate of drug-likeness (QED) is 0.0972. The predicted octanol–water partition coefficient (Wildman–Crippen LogP) is 3.37. The van der Waals surface area contributed by atoms with Gasteiger partial charge >= 0.3 is 20.2 Å². The van der Waals surface area contributed by atoms with Crippen LogP contribution in [-0.2, 0) is 60.7 Å². The predicted molar refractivity (Wildman–Crippen MR) is 188 cm³/mol. The third-order valence-electron chi connectivity index (χ3n) is 7.72. The lowest BCUT2D eigenvalue weighted by Gasteiger charge is -2.14. The lowest BCUT2D eigenvalue weighted by molar-refractivity contribution is 0.475. The van der Waals surface area contributed by atoms with Gasteiger partial charge in [0.2, 0.25) is 0 Å². The van der Waals surface area contributed by atoms with Gasteiger partial charge in [-0.15, -0.1) is 0 Å². The fraction of sp³-hybridized carbons (Fsp3) is 0. The molecule has 0 heterocycles. The minimum Gasteiger partial charge on any atom is -0.508 e. The first kappa shape index (κ1) is 39.7. The highest BCUT2D eigenvalue weighted by Gasteiger charge is 2.28. The summed E-state index contributed by atoms with van der Waals surface area (Å²) in [5.74, 6) is -1.74. The fourth-order valence-corrected chi connectivity index (χ4v) is 10.3. The highest BCUT2D eigenvalue weighted by molar-refractivity contribution is 7.88. The molecular formula is C30H20O19S6. The Bertz CT molecular complexity index is 3340. The number of aromatic hydroxyl groups is 1. The maximum Gasteiger partial charge on any atom is 0.339 e. The second-order valence-electron chi connectivity index (χ2n) is 11.4. The Balaban J connectivity index is 1.46.